The minimum Gasteiger partial charge on any atom is -0.297 e. The molecule has 1 N–H and O–H groups in total. The van der Waals surface area contributed by atoms with Gasteiger partial charge >= 0.3 is 6.30 Å². The third-order valence-corrected chi connectivity index (χ3v) is 1.54. The molecular weight excluding hydrogens is 186 g/mol. The van der Waals surface area contributed by atoms with Gasteiger partial charge in [-0.25, -0.2) is 4.39 Å². The molecule has 0 radical (unpaired) electrons. The van der Waals surface area contributed by atoms with Crippen molar-refractivity contribution in [2.45, 2.75) is 13.2 Å². The van der Waals surface area contributed by atoms with E-state index in [1.165, 1.54) is 24.4 Å². The van der Waals surface area contributed by atoms with Gasteiger partial charge in [0.15, 0.2) is 0 Å². The SMILES string of the molecule is Cc1c(F)cccc1NC(F)(F)F. The van der Waals surface area contributed by atoms with Crippen molar-refractivity contribution in [3.8, 4) is 0 Å². The smallest absolute Gasteiger partial charge is 0.297 e. The second kappa shape index (κ2) is 3.24. The van der Waals surface area contributed by atoms with Crippen molar-refractivity contribution in [1.82, 2.24) is 0 Å². The summed E-state index contributed by atoms with van der Waals surface area (Å²) in [5.41, 5.74) is -0.299. The highest BCUT2D eigenvalue weighted by Gasteiger charge is 2.27. The molecule has 0 bridgehead atoms. The van der Waals surface area contributed by atoms with E-state index in [2.05, 4.69) is 0 Å². The van der Waals surface area contributed by atoms with Crippen molar-refractivity contribution < 1.29 is 17.6 Å². The number of halogens is 4. The van der Waals surface area contributed by atoms with E-state index in [0.717, 1.165) is 6.07 Å². The van der Waals surface area contributed by atoms with Crippen LogP contribution in [0.5, 0.6) is 0 Å². The van der Waals surface area contributed by atoms with Gasteiger partial charge in [0.1, 0.15) is 5.82 Å². The molecule has 0 aliphatic rings. The van der Waals surface area contributed by atoms with Crippen LogP contribution in [0.2, 0.25) is 0 Å². The molecule has 0 aliphatic carbocycles. The van der Waals surface area contributed by atoms with Gasteiger partial charge in [-0.05, 0) is 19.1 Å². The Morgan fingerprint density at radius 1 is 1.23 bits per heavy atom. The second-order valence-corrected chi connectivity index (χ2v) is 2.54. The molecule has 1 aromatic rings. The topological polar surface area (TPSA) is 12.0 Å². The van der Waals surface area contributed by atoms with E-state index in [-0.39, 0.29) is 11.3 Å². The van der Waals surface area contributed by atoms with Gasteiger partial charge in [0.05, 0.1) is 0 Å². The van der Waals surface area contributed by atoms with Crippen LogP contribution in [-0.4, -0.2) is 6.30 Å². The van der Waals surface area contributed by atoms with Crippen molar-refractivity contribution in [1.29, 1.82) is 0 Å². The van der Waals surface area contributed by atoms with Gasteiger partial charge in [-0.2, -0.15) is 13.2 Å². The first-order valence-corrected chi connectivity index (χ1v) is 3.50. The maximum atomic E-state index is 12.7. The minimum absolute atomic E-state index is 0.0418. The summed E-state index contributed by atoms with van der Waals surface area (Å²) in [7, 11) is 0. The van der Waals surface area contributed by atoms with Gasteiger partial charge in [-0.1, -0.05) is 6.07 Å². The molecule has 0 amide bonds. The summed E-state index contributed by atoms with van der Waals surface area (Å²) in [5.74, 6) is -0.658. The van der Waals surface area contributed by atoms with Gasteiger partial charge in [-0.3, -0.25) is 5.32 Å². The van der Waals surface area contributed by atoms with E-state index in [1.807, 2.05) is 0 Å². The third kappa shape index (κ3) is 2.61. The molecule has 0 saturated heterocycles. The number of alkyl halides is 3. The van der Waals surface area contributed by atoms with Crippen LogP contribution in [-0.2, 0) is 0 Å². The fraction of sp³-hybridized carbons (Fsp3) is 0.250. The maximum Gasteiger partial charge on any atom is 0.482 e. The fourth-order valence-corrected chi connectivity index (χ4v) is 0.896. The number of anilines is 1. The Morgan fingerprint density at radius 2 is 1.85 bits per heavy atom. The molecule has 13 heavy (non-hydrogen) atoms. The van der Waals surface area contributed by atoms with E-state index in [1.54, 1.807) is 0 Å². The summed E-state index contributed by atoms with van der Waals surface area (Å²) in [5, 5.41) is 1.25. The highest BCUT2D eigenvalue weighted by Crippen LogP contribution is 2.24. The number of hydrogen-bond donors (Lipinski definition) is 1. The van der Waals surface area contributed by atoms with E-state index >= 15 is 0 Å². The zero-order valence-electron chi connectivity index (χ0n) is 6.74. The molecule has 1 aromatic carbocycles. The molecule has 5 heteroatoms. The van der Waals surface area contributed by atoms with Crippen LogP contribution in [0.15, 0.2) is 18.2 Å². The Hall–Kier alpha value is -1.26. The highest BCUT2D eigenvalue weighted by atomic mass is 19.4. The van der Waals surface area contributed by atoms with Crippen LogP contribution < -0.4 is 5.32 Å². The quantitative estimate of drug-likeness (QED) is 0.533. The van der Waals surface area contributed by atoms with Crippen LogP contribution >= 0.6 is 0 Å². The van der Waals surface area contributed by atoms with Crippen LogP contribution in [0.3, 0.4) is 0 Å². The Bertz CT molecular complexity index is 306. The lowest BCUT2D eigenvalue weighted by Gasteiger charge is -2.12. The molecule has 1 nitrogen and oxygen atoms in total. The minimum atomic E-state index is -4.53. The van der Waals surface area contributed by atoms with Crippen LogP contribution in [0.1, 0.15) is 5.56 Å². The maximum absolute atomic E-state index is 12.7. The van der Waals surface area contributed by atoms with E-state index in [9.17, 15) is 17.6 Å². The lowest BCUT2D eigenvalue weighted by atomic mass is 10.2. The molecule has 0 unspecified atom stereocenters. The Balaban J connectivity index is 2.96. The summed E-state index contributed by atoms with van der Waals surface area (Å²) < 4.78 is 48.2. The van der Waals surface area contributed by atoms with Gasteiger partial charge in [-0.15, -0.1) is 0 Å². The van der Waals surface area contributed by atoms with Crippen LogP contribution in [0.4, 0.5) is 23.2 Å². The first-order chi connectivity index (χ1) is 5.90. The molecule has 72 valence electrons. The lowest BCUT2D eigenvalue weighted by Crippen LogP contribution is -2.21. The highest BCUT2D eigenvalue weighted by molar-refractivity contribution is 5.51. The third-order valence-electron chi connectivity index (χ3n) is 1.54. The summed E-state index contributed by atoms with van der Waals surface area (Å²) in [6, 6.07) is 3.50. The van der Waals surface area contributed by atoms with Crippen molar-refractivity contribution in [2.24, 2.45) is 0 Å². The summed E-state index contributed by atoms with van der Waals surface area (Å²) >= 11 is 0. The number of hydrogen-bond acceptors (Lipinski definition) is 1. The Morgan fingerprint density at radius 3 is 2.38 bits per heavy atom. The molecule has 1 rings (SSSR count). The van der Waals surface area contributed by atoms with Gasteiger partial charge in [0.2, 0.25) is 0 Å². The van der Waals surface area contributed by atoms with Crippen LogP contribution in [0.25, 0.3) is 0 Å². The molecular formula is C8H7F4N. The fourth-order valence-electron chi connectivity index (χ4n) is 0.896. The second-order valence-electron chi connectivity index (χ2n) is 2.54. The number of rotatable bonds is 1. The first-order valence-electron chi connectivity index (χ1n) is 3.50. The van der Waals surface area contributed by atoms with Crippen molar-refractivity contribution >= 4 is 5.69 Å². The van der Waals surface area contributed by atoms with Crippen molar-refractivity contribution in [2.75, 3.05) is 5.32 Å². The van der Waals surface area contributed by atoms with Gasteiger partial charge < -0.3 is 0 Å². The van der Waals surface area contributed by atoms with Crippen molar-refractivity contribution in [3.05, 3.63) is 29.6 Å². The van der Waals surface area contributed by atoms with Crippen LogP contribution in [0, 0.1) is 12.7 Å². The standard InChI is InChI=1S/C8H7F4N/c1-5-6(9)3-2-4-7(5)13-8(10,11)12/h2-4,13H,1H3. The molecule has 0 fully saturated rings. The summed E-state index contributed by atoms with van der Waals surface area (Å²) in [6.07, 6.45) is -4.53. The van der Waals surface area contributed by atoms with E-state index < -0.39 is 12.1 Å². The molecule has 0 aliphatic heterocycles. The molecule has 0 spiro atoms. The average Bonchev–Trinajstić information content (AvgIpc) is 1.96. The van der Waals surface area contributed by atoms with E-state index in [4.69, 9.17) is 0 Å². The molecule has 0 aromatic heterocycles. The van der Waals surface area contributed by atoms with Gasteiger partial charge in [0.25, 0.3) is 0 Å². The number of benzene rings is 1. The normalized spacial score (nSPS) is 11.5. The zero-order chi connectivity index (χ0) is 10.1. The Labute approximate surface area is 72.4 Å². The van der Waals surface area contributed by atoms with Crippen molar-refractivity contribution in [3.63, 3.8) is 0 Å². The summed E-state index contributed by atoms with van der Waals surface area (Å²) in [6.45, 7) is 1.28. The first kappa shape index (κ1) is 9.83. The predicted octanol–water partition coefficient (Wildman–Crippen LogP) is 3.07. The summed E-state index contributed by atoms with van der Waals surface area (Å²) in [4.78, 5) is 0. The Kier molecular flexibility index (Phi) is 2.45. The molecule has 0 atom stereocenters. The average molecular weight is 193 g/mol. The van der Waals surface area contributed by atoms with E-state index in [0.29, 0.717) is 0 Å². The van der Waals surface area contributed by atoms with Gasteiger partial charge in [0, 0.05) is 11.3 Å². The predicted molar refractivity (Wildman–Crippen MR) is 40.8 cm³/mol. The lowest BCUT2D eigenvalue weighted by molar-refractivity contribution is -0.1000. The molecule has 0 saturated carbocycles. The largest absolute Gasteiger partial charge is 0.482 e. The molecule has 0 heterocycles. The zero-order valence-corrected chi connectivity index (χ0v) is 6.74. The number of nitrogens with one attached hydrogen (secondary N) is 1. The monoisotopic (exact) mass is 193 g/mol.